The molecule has 0 aromatic heterocycles. The summed E-state index contributed by atoms with van der Waals surface area (Å²) in [5.74, 6) is -3.58. The summed E-state index contributed by atoms with van der Waals surface area (Å²) in [6.07, 6.45) is -0.233. The zero-order valence-corrected chi connectivity index (χ0v) is 23.3. The molecule has 3 rings (SSSR count). The van der Waals surface area contributed by atoms with Crippen molar-refractivity contribution in [1.82, 2.24) is 10.6 Å². The molecular weight excluding hydrogens is 528 g/mol. The summed E-state index contributed by atoms with van der Waals surface area (Å²) in [6, 6.07) is 16.8. The molecule has 0 aliphatic rings. The lowest BCUT2D eigenvalue weighted by molar-refractivity contribution is -0.123. The van der Waals surface area contributed by atoms with Crippen LogP contribution in [0, 0.1) is 11.6 Å². The third kappa shape index (κ3) is 9.88. The number of carbonyl (C=O) groups is 3. The number of hydrogen-bond donors (Lipinski definition) is 4. The Labute approximate surface area is 239 Å². The summed E-state index contributed by atoms with van der Waals surface area (Å²) in [6.45, 7) is 4.08. The van der Waals surface area contributed by atoms with E-state index < -0.39 is 41.5 Å². The van der Waals surface area contributed by atoms with Gasteiger partial charge in [0.15, 0.2) is 5.78 Å². The zero-order chi connectivity index (χ0) is 29.9. The van der Waals surface area contributed by atoms with Crippen molar-refractivity contribution in [2.24, 2.45) is 5.73 Å². The molecule has 0 heterocycles. The molecule has 0 saturated carbocycles. The Hall–Kier alpha value is -3.95. The SMILES string of the molecule is CCc1cccc(CNC[C@@H](O)[C@H](Cc2cc(F)cc(F)c2)NC(=O)CCC(C(N)=O)c2cccc(C(C)=O)c2)c1. The molecule has 0 saturated heterocycles. The lowest BCUT2D eigenvalue weighted by atomic mass is 9.91. The number of nitrogens with one attached hydrogen (secondary N) is 2. The largest absolute Gasteiger partial charge is 0.390 e. The van der Waals surface area contributed by atoms with Crippen molar-refractivity contribution in [3.63, 3.8) is 0 Å². The summed E-state index contributed by atoms with van der Waals surface area (Å²) >= 11 is 0. The first-order valence-electron chi connectivity index (χ1n) is 13.7. The van der Waals surface area contributed by atoms with Crippen molar-refractivity contribution >= 4 is 17.6 Å². The lowest BCUT2D eigenvalue weighted by Gasteiger charge is -2.25. The van der Waals surface area contributed by atoms with Crippen LogP contribution >= 0.6 is 0 Å². The molecule has 3 atom stereocenters. The molecule has 5 N–H and O–H groups in total. The molecule has 9 heteroatoms. The van der Waals surface area contributed by atoms with E-state index in [1.165, 1.54) is 12.5 Å². The summed E-state index contributed by atoms with van der Waals surface area (Å²) in [7, 11) is 0. The minimum Gasteiger partial charge on any atom is -0.390 e. The monoisotopic (exact) mass is 565 g/mol. The van der Waals surface area contributed by atoms with Crippen LogP contribution in [0.4, 0.5) is 8.78 Å². The highest BCUT2D eigenvalue weighted by atomic mass is 19.1. The summed E-state index contributed by atoms with van der Waals surface area (Å²) in [5.41, 5.74) is 9.06. The average molecular weight is 566 g/mol. The number of benzene rings is 3. The Balaban J connectivity index is 1.68. The van der Waals surface area contributed by atoms with Crippen LogP contribution in [0.2, 0.25) is 0 Å². The van der Waals surface area contributed by atoms with E-state index in [2.05, 4.69) is 23.6 Å². The topological polar surface area (TPSA) is 122 Å². The fourth-order valence-corrected chi connectivity index (χ4v) is 4.73. The van der Waals surface area contributed by atoms with Gasteiger partial charge in [0, 0.05) is 31.1 Å². The van der Waals surface area contributed by atoms with Gasteiger partial charge in [-0.15, -0.1) is 0 Å². The first-order valence-corrected chi connectivity index (χ1v) is 13.7. The fourth-order valence-electron chi connectivity index (χ4n) is 4.73. The average Bonchev–Trinajstić information content (AvgIpc) is 2.92. The van der Waals surface area contributed by atoms with Crippen LogP contribution < -0.4 is 16.4 Å². The highest BCUT2D eigenvalue weighted by molar-refractivity contribution is 5.94. The van der Waals surface area contributed by atoms with E-state index >= 15 is 0 Å². The van der Waals surface area contributed by atoms with Gasteiger partial charge < -0.3 is 21.5 Å². The third-order valence-electron chi connectivity index (χ3n) is 6.97. The second-order valence-corrected chi connectivity index (χ2v) is 10.2. The maximum atomic E-state index is 13.9. The lowest BCUT2D eigenvalue weighted by Crippen LogP contribution is -2.48. The molecular formula is C32H37F2N3O4. The summed E-state index contributed by atoms with van der Waals surface area (Å²) in [5, 5.41) is 16.9. The van der Waals surface area contributed by atoms with Crippen LogP contribution in [0.25, 0.3) is 0 Å². The number of nitrogens with two attached hydrogens (primary N) is 1. The number of halogens is 2. The second-order valence-electron chi connectivity index (χ2n) is 10.2. The Bertz CT molecular complexity index is 1340. The molecule has 7 nitrogen and oxygen atoms in total. The smallest absolute Gasteiger partial charge is 0.224 e. The van der Waals surface area contributed by atoms with Crippen LogP contribution in [0.1, 0.15) is 65.2 Å². The van der Waals surface area contributed by atoms with E-state index in [1.807, 2.05) is 18.2 Å². The van der Waals surface area contributed by atoms with Gasteiger partial charge in [-0.05, 0) is 66.6 Å². The molecule has 2 amide bonds. The quantitative estimate of drug-likeness (QED) is 0.208. The van der Waals surface area contributed by atoms with E-state index in [0.29, 0.717) is 17.7 Å². The van der Waals surface area contributed by atoms with Crippen molar-refractivity contribution < 1.29 is 28.3 Å². The Kier molecular flexibility index (Phi) is 11.7. The Morgan fingerprint density at radius 1 is 0.927 bits per heavy atom. The highest BCUT2D eigenvalue weighted by Crippen LogP contribution is 2.23. The highest BCUT2D eigenvalue weighted by Gasteiger charge is 2.25. The number of aryl methyl sites for hydroxylation is 1. The van der Waals surface area contributed by atoms with E-state index in [4.69, 9.17) is 5.73 Å². The first-order chi connectivity index (χ1) is 19.5. The fraction of sp³-hybridized carbons (Fsp3) is 0.344. The van der Waals surface area contributed by atoms with Crippen LogP contribution in [0.3, 0.4) is 0 Å². The molecule has 0 fully saturated rings. The zero-order valence-electron chi connectivity index (χ0n) is 23.3. The number of rotatable bonds is 15. The van der Waals surface area contributed by atoms with Gasteiger partial charge in [-0.3, -0.25) is 14.4 Å². The van der Waals surface area contributed by atoms with Crippen molar-refractivity contribution in [2.75, 3.05) is 6.54 Å². The van der Waals surface area contributed by atoms with Gasteiger partial charge in [0.1, 0.15) is 11.6 Å². The van der Waals surface area contributed by atoms with Gasteiger partial charge >= 0.3 is 0 Å². The third-order valence-corrected chi connectivity index (χ3v) is 6.97. The van der Waals surface area contributed by atoms with Gasteiger partial charge in [0.2, 0.25) is 11.8 Å². The molecule has 218 valence electrons. The minimum absolute atomic E-state index is 0.0194. The van der Waals surface area contributed by atoms with Crippen molar-refractivity contribution in [3.8, 4) is 0 Å². The minimum atomic E-state index is -1.08. The summed E-state index contributed by atoms with van der Waals surface area (Å²) < 4.78 is 27.7. The number of aliphatic hydroxyl groups is 1. The van der Waals surface area contributed by atoms with Crippen molar-refractivity contribution in [1.29, 1.82) is 0 Å². The molecule has 3 aromatic rings. The molecule has 1 unspecified atom stereocenters. The maximum absolute atomic E-state index is 13.9. The van der Waals surface area contributed by atoms with Crippen molar-refractivity contribution in [2.45, 2.75) is 64.1 Å². The Morgan fingerprint density at radius 3 is 2.27 bits per heavy atom. The predicted octanol–water partition coefficient (Wildman–Crippen LogP) is 3.96. The number of ketones is 1. The van der Waals surface area contributed by atoms with Crippen LogP contribution in [0.15, 0.2) is 66.7 Å². The molecule has 0 aliphatic carbocycles. The number of carbonyl (C=O) groups excluding carboxylic acids is 3. The normalized spacial score (nSPS) is 13.3. The maximum Gasteiger partial charge on any atom is 0.224 e. The van der Waals surface area contributed by atoms with Crippen LogP contribution in [-0.4, -0.2) is 41.4 Å². The van der Waals surface area contributed by atoms with Crippen LogP contribution in [0.5, 0.6) is 0 Å². The number of aliphatic hydroxyl groups excluding tert-OH is 1. The van der Waals surface area contributed by atoms with Crippen LogP contribution in [-0.2, 0) is 29.0 Å². The van der Waals surface area contributed by atoms with Gasteiger partial charge in [0.25, 0.3) is 0 Å². The number of Topliss-reactive ketones (excluding diaryl/α,β-unsaturated/α-hetero) is 1. The van der Waals surface area contributed by atoms with E-state index in [1.54, 1.807) is 24.3 Å². The molecule has 0 aliphatic heterocycles. The second kappa shape index (κ2) is 15.2. The molecule has 0 bridgehead atoms. The number of amides is 2. The molecule has 0 radical (unpaired) electrons. The summed E-state index contributed by atoms with van der Waals surface area (Å²) in [4.78, 5) is 36.9. The van der Waals surface area contributed by atoms with E-state index in [0.717, 1.165) is 30.2 Å². The van der Waals surface area contributed by atoms with E-state index in [9.17, 15) is 28.3 Å². The predicted molar refractivity (Wildman–Crippen MR) is 153 cm³/mol. The number of primary amides is 1. The molecule has 3 aromatic carbocycles. The van der Waals surface area contributed by atoms with Gasteiger partial charge in [-0.2, -0.15) is 0 Å². The molecule has 41 heavy (non-hydrogen) atoms. The van der Waals surface area contributed by atoms with Gasteiger partial charge in [-0.1, -0.05) is 49.4 Å². The Morgan fingerprint density at radius 2 is 1.61 bits per heavy atom. The van der Waals surface area contributed by atoms with Crippen molar-refractivity contribution in [3.05, 3.63) is 106 Å². The van der Waals surface area contributed by atoms with Gasteiger partial charge in [-0.25, -0.2) is 8.78 Å². The first kappa shape index (κ1) is 31.6. The molecule has 0 spiro atoms. The van der Waals surface area contributed by atoms with E-state index in [-0.39, 0.29) is 37.2 Å². The van der Waals surface area contributed by atoms with Gasteiger partial charge in [0.05, 0.1) is 18.1 Å². The number of hydrogen-bond acceptors (Lipinski definition) is 5. The standard InChI is InChI=1S/C32H37F2N3O4/c1-3-21-6-4-7-22(12-21)18-36-19-30(39)29(15-23-13-26(33)17-27(34)14-23)37-31(40)11-10-28(32(35)41)25-9-5-8-24(16-25)20(2)38/h4-9,12-14,16-17,28-30,36,39H,3,10-11,15,18-19H2,1-2H3,(H2,35,41)(H,37,40)/t28?,29-,30+/m0/s1.